The summed E-state index contributed by atoms with van der Waals surface area (Å²) in [6, 6.07) is 2.08. The van der Waals surface area contributed by atoms with E-state index in [9.17, 15) is 36.8 Å². The Morgan fingerprint density at radius 2 is 1.82 bits per heavy atom. The number of carbonyl (C=O) groups excluding carboxylic acids is 5. The first-order chi connectivity index (χ1) is 24.1. The lowest BCUT2D eigenvalue weighted by molar-refractivity contribution is -0.141. The van der Waals surface area contributed by atoms with Crippen LogP contribution in [-0.2, 0) is 33.9 Å². The van der Waals surface area contributed by atoms with Crippen molar-refractivity contribution in [3.63, 3.8) is 0 Å². The van der Waals surface area contributed by atoms with Crippen molar-refractivity contribution in [2.24, 2.45) is 5.92 Å². The van der Waals surface area contributed by atoms with Crippen LogP contribution in [0.2, 0.25) is 0 Å². The Balaban J connectivity index is 1.28. The van der Waals surface area contributed by atoms with Crippen LogP contribution in [0, 0.1) is 11.7 Å². The summed E-state index contributed by atoms with van der Waals surface area (Å²) in [7, 11) is -3.92. The molecule has 1 saturated heterocycles. The second kappa shape index (κ2) is 13.9. The van der Waals surface area contributed by atoms with Crippen molar-refractivity contribution in [3.8, 4) is 0 Å². The molecule has 1 aromatic carbocycles. The summed E-state index contributed by atoms with van der Waals surface area (Å²) in [5, 5.41) is 5.44. The molecule has 1 aromatic heterocycles. The zero-order chi connectivity index (χ0) is 36.7. The van der Waals surface area contributed by atoms with Crippen LogP contribution in [0.5, 0.6) is 0 Å². The number of allylic oxidation sites excluding steroid dienone is 1. The Bertz CT molecular complexity index is 1870. The molecule has 0 spiro atoms. The third kappa shape index (κ3) is 8.21. The van der Waals surface area contributed by atoms with Gasteiger partial charge in [0.05, 0.1) is 11.8 Å². The number of fused-ring (bicyclic) bond motifs is 3. The van der Waals surface area contributed by atoms with E-state index in [1.165, 1.54) is 29.4 Å². The largest absolute Gasteiger partial charge is 0.444 e. The van der Waals surface area contributed by atoms with Crippen LogP contribution in [0.4, 0.5) is 14.0 Å². The van der Waals surface area contributed by atoms with Crippen LogP contribution >= 0.6 is 0 Å². The van der Waals surface area contributed by atoms with E-state index in [0.29, 0.717) is 37.5 Å². The third-order valence-electron chi connectivity index (χ3n) is 9.65. The van der Waals surface area contributed by atoms with Crippen molar-refractivity contribution in [1.29, 1.82) is 0 Å². The minimum absolute atomic E-state index is 0.154. The second-order valence-corrected chi connectivity index (χ2v) is 16.8. The van der Waals surface area contributed by atoms with Gasteiger partial charge in [-0.1, -0.05) is 37.1 Å². The van der Waals surface area contributed by atoms with Gasteiger partial charge in [-0.2, -0.15) is 0 Å². The van der Waals surface area contributed by atoms with Gasteiger partial charge in [0.15, 0.2) is 0 Å². The highest BCUT2D eigenvalue weighted by atomic mass is 32.2. The van der Waals surface area contributed by atoms with E-state index in [-0.39, 0.29) is 31.2 Å². The number of nitrogens with one attached hydrogen (secondary N) is 3. The summed E-state index contributed by atoms with van der Waals surface area (Å²) in [6.07, 6.45) is 7.55. The molecule has 3 N–H and O–H groups in total. The van der Waals surface area contributed by atoms with Crippen LogP contribution in [0.3, 0.4) is 0 Å². The number of benzene rings is 1. The molecule has 4 amide bonds. The molecule has 14 nitrogen and oxygen atoms in total. The number of hydrogen-bond donors (Lipinski definition) is 3. The van der Waals surface area contributed by atoms with Gasteiger partial charge in [0, 0.05) is 35.5 Å². The fourth-order valence-electron chi connectivity index (χ4n) is 6.73. The molecule has 3 fully saturated rings. The summed E-state index contributed by atoms with van der Waals surface area (Å²) >= 11 is 0. The summed E-state index contributed by atoms with van der Waals surface area (Å²) in [5.41, 5.74) is -2.41. The van der Waals surface area contributed by atoms with Crippen molar-refractivity contribution in [3.05, 3.63) is 48.6 Å². The Labute approximate surface area is 295 Å². The van der Waals surface area contributed by atoms with Gasteiger partial charge in [0.25, 0.3) is 5.91 Å². The Morgan fingerprint density at radius 1 is 1.06 bits per heavy atom. The lowest BCUT2D eigenvalue weighted by Gasteiger charge is -2.30. The fraction of sp³-hybridized carbons (Fsp3) is 0.571. The summed E-state index contributed by atoms with van der Waals surface area (Å²) in [6.45, 7) is 4.84. The first-order valence-corrected chi connectivity index (χ1v) is 18.9. The first-order valence-electron chi connectivity index (χ1n) is 17.4. The predicted octanol–water partition coefficient (Wildman–Crippen LogP) is 3.63. The van der Waals surface area contributed by atoms with Gasteiger partial charge in [0.1, 0.15) is 35.1 Å². The molecular formula is C35H44FN5O9S. The van der Waals surface area contributed by atoms with Gasteiger partial charge >= 0.3 is 12.2 Å². The maximum Gasteiger partial charge on any atom is 0.418 e. The standard InChI is InChI=1S/C35H44FN5O9S/c1-34(2,3)50-32(45)37-27-13-8-6-4-5-7-11-22-17-35(22,31(44)39-51(47,48)24-14-15-24)38-29(42)28-16-23(19-41(28)30(27)43)49-33(46)40-18-21-10-9-12-26(36)25(21)20-40/h7,9-12,18,20,22-24,27-28H,4-6,8,13-17,19H2,1-3H3,(H,37,45)(H,38,42)(H,39,44)/b11-7-/t22-,23-,27+,28+,35-/m1/s1. The lowest BCUT2D eigenvalue weighted by Crippen LogP contribution is -2.58. The molecule has 16 heteroatoms. The quantitative estimate of drug-likeness (QED) is 0.387. The van der Waals surface area contributed by atoms with Gasteiger partial charge < -0.3 is 25.0 Å². The van der Waals surface area contributed by atoms with Crippen LogP contribution < -0.4 is 15.4 Å². The molecular weight excluding hydrogens is 685 g/mol. The smallest absolute Gasteiger partial charge is 0.418 e. The average Bonchev–Trinajstić information content (AvgIpc) is 3.93. The van der Waals surface area contributed by atoms with Crippen LogP contribution in [0.25, 0.3) is 10.8 Å². The maximum absolute atomic E-state index is 14.3. The SMILES string of the molecule is CC(C)(C)OC(=O)N[C@H]1CCCCC/C=C\[C@@H]2C[C@@]2(C(=O)NS(=O)(=O)C2CC2)NC(=O)[C@@H]2C[C@@H](OC(=O)n3cc4cccc(F)c4c3)CN2C1=O. The molecule has 0 bridgehead atoms. The van der Waals surface area contributed by atoms with Crippen LogP contribution in [0.15, 0.2) is 42.7 Å². The Morgan fingerprint density at radius 3 is 2.53 bits per heavy atom. The van der Waals surface area contributed by atoms with E-state index in [1.807, 2.05) is 12.2 Å². The van der Waals surface area contributed by atoms with E-state index in [1.54, 1.807) is 26.8 Å². The fourth-order valence-corrected chi connectivity index (χ4v) is 8.10. The van der Waals surface area contributed by atoms with E-state index in [2.05, 4.69) is 15.4 Å². The third-order valence-corrected chi connectivity index (χ3v) is 11.5. The van der Waals surface area contributed by atoms with Gasteiger partial charge in [-0.25, -0.2) is 22.4 Å². The predicted molar refractivity (Wildman–Crippen MR) is 182 cm³/mol. The van der Waals surface area contributed by atoms with Crippen molar-refractivity contribution >= 4 is 50.7 Å². The number of ether oxygens (including phenoxy) is 2. The van der Waals surface area contributed by atoms with Crippen molar-refractivity contribution in [1.82, 2.24) is 24.8 Å². The minimum atomic E-state index is -3.92. The number of sulfonamides is 1. The number of amides is 4. The van der Waals surface area contributed by atoms with Crippen molar-refractivity contribution < 1.29 is 46.3 Å². The lowest BCUT2D eigenvalue weighted by atomic mass is 10.0. The molecule has 4 aliphatic rings. The van der Waals surface area contributed by atoms with E-state index in [0.717, 1.165) is 11.0 Å². The van der Waals surface area contributed by atoms with Gasteiger partial charge in [0.2, 0.25) is 21.8 Å². The molecule has 6 rings (SSSR count). The van der Waals surface area contributed by atoms with Crippen LogP contribution in [-0.4, -0.2) is 88.9 Å². The highest BCUT2D eigenvalue weighted by Gasteiger charge is 2.62. The average molecular weight is 730 g/mol. The number of aromatic nitrogens is 1. The van der Waals surface area contributed by atoms with E-state index < -0.39 is 86.2 Å². The molecule has 51 heavy (non-hydrogen) atoms. The molecule has 2 aliphatic carbocycles. The number of rotatable bonds is 5. The van der Waals surface area contributed by atoms with Gasteiger partial charge in [-0.05, 0) is 65.4 Å². The maximum atomic E-state index is 14.3. The molecule has 2 aliphatic heterocycles. The molecule has 2 aromatic rings. The highest BCUT2D eigenvalue weighted by molar-refractivity contribution is 7.91. The monoisotopic (exact) mass is 729 g/mol. The molecule has 276 valence electrons. The molecule has 3 heterocycles. The second-order valence-electron chi connectivity index (χ2n) is 14.9. The van der Waals surface area contributed by atoms with Crippen molar-refractivity contribution in [2.45, 2.75) is 113 Å². The summed E-state index contributed by atoms with van der Waals surface area (Å²) < 4.78 is 54.2. The van der Waals surface area contributed by atoms with Gasteiger partial charge in [-0.15, -0.1) is 0 Å². The zero-order valence-electron chi connectivity index (χ0n) is 28.9. The van der Waals surface area contributed by atoms with Crippen LogP contribution in [0.1, 0.15) is 78.6 Å². The number of hydrogen-bond acceptors (Lipinski definition) is 9. The molecule has 0 radical (unpaired) electrons. The Kier molecular flexibility index (Phi) is 9.92. The number of halogens is 1. The topological polar surface area (TPSA) is 182 Å². The molecule has 5 atom stereocenters. The molecule has 2 saturated carbocycles. The highest BCUT2D eigenvalue weighted by Crippen LogP contribution is 2.46. The van der Waals surface area contributed by atoms with E-state index >= 15 is 0 Å². The minimum Gasteiger partial charge on any atom is -0.444 e. The first kappa shape index (κ1) is 36.3. The summed E-state index contributed by atoms with van der Waals surface area (Å²) in [5.74, 6) is -3.20. The number of alkyl carbamates (subject to hydrolysis) is 1. The van der Waals surface area contributed by atoms with E-state index in [4.69, 9.17) is 9.47 Å². The zero-order valence-corrected chi connectivity index (χ0v) is 29.7. The van der Waals surface area contributed by atoms with Gasteiger partial charge in [-0.3, -0.25) is 23.7 Å². The molecule has 0 unspecified atom stereocenters. The Hall–Kier alpha value is -4.47. The normalized spacial score (nSPS) is 28.0. The number of carbonyl (C=O) groups is 5. The number of nitrogens with zero attached hydrogens (tertiary/aromatic N) is 2. The van der Waals surface area contributed by atoms with Crippen molar-refractivity contribution in [2.75, 3.05) is 6.54 Å². The summed E-state index contributed by atoms with van der Waals surface area (Å²) in [4.78, 5) is 69.3.